The van der Waals surface area contributed by atoms with Gasteiger partial charge in [-0.25, -0.2) is 0 Å². The minimum atomic E-state index is -0.838. The highest BCUT2D eigenvalue weighted by Gasteiger charge is 2.05. The van der Waals surface area contributed by atoms with Crippen LogP contribution in [-0.2, 0) is 10.8 Å². The SMILES string of the molecule is CCNCCCS(=O)c1ccccc1C. The van der Waals surface area contributed by atoms with Crippen molar-refractivity contribution < 1.29 is 4.21 Å². The molecule has 0 aliphatic heterocycles. The summed E-state index contributed by atoms with van der Waals surface area (Å²) in [6, 6.07) is 7.90. The lowest BCUT2D eigenvalue weighted by Crippen LogP contribution is -2.16. The number of nitrogens with one attached hydrogen (secondary N) is 1. The third-order valence-electron chi connectivity index (χ3n) is 2.27. The minimum Gasteiger partial charge on any atom is -0.317 e. The molecule has 84 valence electrons. The van der Waals surface area contributed by atoms with Crippen LogP contribution in [0.15, 0.2) is 29.2 Å². The van der Waals surface area contributed by atoms with E-state index in [1.165, 1.54) is 0 Å². The van der Waals surface area contributed by atoms with Crippen molar-refractivity contribution in [2.24, 2.45) is 0 Å². The molecular formula is C12H19NOS. The Morgan fingerprint density at radius 1 is 1.33 bits per heavy atom. The van der Waals surface area contributed by atoms with Gasteiger partial charge in [0.15, 0.2) is 0 Å². The molecule has 0 spiro atoms. The fourth-order valence-corrected chi connectivity index (χ4v) is 2.71. The Hall–Kier alpha value is -0.670. The maximum atomic E-state index is 11.9. The van der Waals surface area contributed by atoms with Crippen molar-refractivity contribution >= 4 is 10.8 Å². The summed E-state index contributed by atoms with van der Waals surface area (Å²) in [5.74, 6) is 0.748. The van der Waals surface area contributed by atoms with Crippen LogP contribution in [0.3, 0.4) is 0 Å². The summed E-state index contributed by atoms with van der Waals surface area (Å²) < 4.78 is 11.9. The van der Waals surface area contributed by atoms with Crippen LogP contribution in [0, 0.1) is 6.92 Å². The molecule has 0 saturated carbocycles. The lowest BCUT2D eigenvalue weighted by Gasteiger charge is -2.05. The normalized spacial score (nSPS) is 12.7. The van der Waals surface area contributed by atoms with Gasteiger partial charge < -0.3 is 5.32 Å². The van der Waals surface area contributed by atoms with Gasteiger partial charge in [0, 0.05) is 10.6 Å². The largest absolute Gasteiger partial charge is 0.317 e. The molecule has 0 bridgehead atoms. The van der Waals surface area contributed by atoms with Gasteiger partial charge in [-0.15, -0.1) is 0 Å². The van der Waals surface area contributed by atoms with Gasteiger partial charge in [-0.2, -0.15) is 0 Å². The first-order valence-corrected chi connectivity index (χ1v) is 6.72. The average Bonchev–Trinajstić information content (AvgIpc) is 2.25. The summed E-state index contributed by atoms with van der Waals surface area (Å²) in [5.41, 5.74) is 1.12. The Labute approximate surface area is 94.5 Å². The third kappa shape index (κ3) is 4.14. The first-order valence-electron chi connectivity index (χ1n) is 5.40. The van der Waals surface area contributed by atoms with Crippen molar-refractivity contribution in [3.05, 3.63) is 29.8 Å². The molecule has 1 N–H and O–H groups in total. The summed E-state index contributed by atoms with van der Waals surface area (Å²) in [6.45, 7) is 6.03. The van der Waals surface area contributed by atoms with Crippen LogP contribution in [0.4, 0.5) is 0 Å². The standard InChI is InChI=1S/C12H19NOS/c1-3-13-9-6-10-15(14)12-8-5-4-7-11(12)2/h4-5,7-8,13H,3,6,9-10H2,1-2H3. The number of benzene rings is 1. The lowest BCUT2D eigenvalue weighted by molar-refractivity contribution is 0.669. The summed E-state index contributed by atoms with van der Waals surface area (Å²) in [7, 11) is -0.838. The molecule has 0 aliphatic carbocycles. The van der Waals surface area contributed by atoms with Crippen molar-refractivity contribution in [2.75, 3.05) is 18.8 Å². The van der Waals surface area contributed by atoms with Gasteiger partial charge >= 0.3 is 0 Å². The van der Waals surface area contributed by atoms with Crippen molar-refractivity contribution in [3.8, 4) is 0 Å². The molecule has 3 heteroatoms. The number of aryl methyl sites for hydroxylation is 1. The van der Waals surface area contributed by atoms with Crippen LogP contribution in [0.2, 0.25) is 0 Å². The summed E-state index contributed by atoms with van der Waals surface area (Å²) in [6.07, 6.45) is 0.967. The van der Waals surface area contributed by atoms with Crippen LogP contribution < -0.4 is 5.32 Å². The van der Waals surface area contributed by atoms with E-state index >= 15 is 0 Å². The van der Waals surface area contributed by atoms with Crippen molar-refractivity contribution in [1.82, 2.24) is 5.32 Å². The Morgan fingerprint density at radius 2 is 2.07 bits per heavy atom. The van der Waals surface area contributed by atoms with E-state index in [4.69, 9.17) is 0 Å². The first kappa shape index (κ1) is 12.4. The molecule has 15 heavy (non-hydrogen) atoms. The second kappa shape index (κ2) is 6.75. The maximum absolute atomic E-state index is 11.9. The fraction of sp³-hybridized carbons (Fsp3) is 0.500. The van der Waals surface area contributed by atoms with Crippen LogP contribution in [0.25, 0.3) is 0 Å². The molecule has 0 heterocycles. The molecule has 0 saturated heterocycles. The molecule has 1 unspecified atom stereocenters. The van der Waals surface area contributed by atoms with Gasteiger partial charge in [0.1, 0.15) is 0 Å². The molecular weight excluding hydrogens is 206 g/mol. The summed E-state index contributed by atoms with van der Waals surface area (Å²) >= 11 is 0. The van der Waals surface area contributed by atoms with Gasteiger partial charge in [-0.1, -0.05) is 25.1 Å². The Balaban J connectivity index is 2.44. The highest BCUT2D eigenvalue weighted by Crippen LogP contribution is 2.12. The van der Waals surface area contributed by atoms with Crippen LogP contribution in [-0.4, -0.2) is 23.1 Å². The second-order valence-electron chi connectivity index (χ2n) is 3.52. The second-order valence-corrected chi connectivity index (χ2v) is 5.06. The lowest BCUT2D eigenvalue weighted by atomic mass is 10.2. The van der Waals surface area contributed by atoms with E-state index < -0.39 is 10.8 Å². The Morgan fingerprint density at radius 3 is 2.73 bits per heavy atom. The molecule has 0 radical (unpaired) electrons. The monoisotopic (exact) mass is 225 g/mol. The molecule has 1 aromatic carbocycles. The third-order valence-corrected chi connectivity index (χ3v) is 3.88. The predicted molar refractivity (Wildman–Crippen MR) is 65.6 cm³/mol. The van der Waals surface area contributed by atoms with Crippen LogP contribution in [0.5, 0.6) is 0 Å². The first-order chi connectivity index (χ1) is 7.25. The molecule has 0 aromatic heterocycles. The smallest absolute Gasteiger partial charge is 0.0532 e. The van der Waals surface area contributed by atoms with Crippen molar-refractivity contribution in [2.45, 2.75) is 25.2 Å². The maximum Gasteiger partial charge on any atom is 0.0532 e. The molecule has 2 nitrogen and oxygen atoms in total. The molecule has 1 rings (SSSR count). The van der Waals surface area contributed by atoms with E-state index in [0.29, 0.717) is 0 Å². The summed E-state index contributed by atoms with van der Waals surface area (Å²) in [5, 5.41) is 3.24. The van der Waals surface area contributed by atoms with Crippen LogP contribution in [0.1, 0.15) is 18.9 Å². The Kier molecular flexibility index (Phi) is 5.58. The molecule has 0 aliphatic rings. The van der Waals surface area contributed by atoms with E-state index in [-0.39, 0.29) is 0 Å². The average molecular weight is 225 g/mol. The minimum absolute atomic E-state index is 0.748. The topological polar surface area (TPSA) is 29.1 Å². The van der Waals surface area contributed by atoms with E-state index in [9.17, 15) is 4.21 Å². The van der Waals surface area contributed by atoms with Gasteiger partial charge in [-0.3, -0.25) is 4.21 Å². The summed E-state index contributed by atoms with van der Waals surface area (Å²) in [4.78, 5) is 0.981. The number of hydrogen-bond donors (Lipinski definition) is 1. The van der Waals surface area contributed by atoms with Crippen molar-refractivity contribution in [3.63, 3.8) is 0 Å². The van der Waals surface area contributed by atoms with Gasteiger partial charge in [0.25, 0.3) is 0 Å². The van der Waals surface area contributed by atoms with E-state index in [1.807, 2.05) is 31.2 Å². The zero-order valence-corrected chi connectivity index (χ0v) is 10.3. The van der Waals surface area contributed by atoms with Gasteiger partial charge in [-0.05, 0) is 38.1 Å². The van der Waals surface area contributed by atoms with Crippen molar-refractivity contribution in [1.29, 1.82) is 0 Å². The molecule has 0 amide bonds. The van der Waals surface area contributed by atoms with E-state index in [2.05, 4.69) is 12.2 Å². The zero-order valence-electron chi connectivity index (χ0n) is 9.45. The highest BCUT2D eigenvalue weighted by atomic mass is 32.2. The molecule has 0 fully saturated rings. The zero-order chi connectivity index (χ0) is 11.1. The van der Waals surface area contributed by atoms with Gasteiger partial charge in [0.05, 0.1) is 10.8 Å². The van der Waals surface area contributed by atoms with Gasteiger partial charge in [0.2, 0.25) is 0 Å². The quantitative estimate of drug-likeness (QED) is 0.751. The fourth-order valence-electron chi connectivity index (χ4n) is 1.43. The predicted octanol–water partition coefficient (Wildman–Crippen LogP) is 2.10. The number of rotatable bonds is 6. The Bertz CT molecular complexity index is 325. The van der Waals surface area contributed by atoms with E-state index in [1.54, 1.807) is 0 Å². The molecule has 1 atom stereocenters. The number of hydrogen-bond acceptors (Lipinski definition) is 2. The van der Waals surface area contributed by atoms with Crippen LogP contribution >= 0.6 is 0 Å². The highest BCUT2D eigenvalue weighted by molar-refractivity contribution is 7.85. The molecule has 1 aromatic rings. The van der Waals surface area contributed by atoms with E-state index in [0.717, 1.165) is 35.7 Å².